The highest BCUT2D eigenvalue weighted by Crippen LogP contribution is 2.16. The predicted molar refractivity (Wildman–Crippen MR) is 77.3 cm³/mol. The van der Waals surface area contributed by atoms with Crippen molar-refractivity contribution < 1.29 is 14.6 Å². The number of hydrogen-bond donors (Lipinski definition) is 2. The molecule has 1 unspecified atom stereocenters. The van der Waals surface area contributed by atoms with E-state index in [2.05, 4.69) is 5.32 Å². The first-order valence-electron chi connectivity index (χ1n) is 6.19. The van der Waals surface area contributed by atoms with Crippen LogP contribution in [-0.2, 0) is 9.53 Å². The fourth-order valence-corrected chi connectivity index (χ4v) is 2.17. The van der Waals surface area contributed by atoms with Gasteiger partial charge in [0.15, 0.2) is 0 Å². The molecule has 0 saturated heterocycles. The number of thioether (sulfide) groups is 1. The number of carbonyl (C=O) groups excluding carboxylic acids is 1. The molecule has 19 heavy (non-hydrogen) atoms. The van der Waals surface area contributed by atoms with Crippen molar-refractivity contribution >= 4 is 17.7 Å². The number of rotatable bonds is 8. The summed E-state index contributed by atoms with van der Waals surface area (Å²) in [5.74, 6) is 0.274. The van der Waals surface area contributed by atoms with Crippen molar-refractivity contribution in [1.82, 2.24) is 5.32 Å². The molecular weight excluding hydrogens is 262 g/mol. The summed E-state index contributed by atoms with van der Waals surface area (Å²) in [7, 11) is 1.59. The SMILES string of the molecule is COCCC(C)(O)CNC(=O)CSc1ccccc1. The molecule has 1 atom stereocenters. The zero-order valence-electron chi connectivity index (χ0n) is 11.4. The van der Waals surface area contributed by atoms with Crippen LogP contribution in [0.15, 0.2) is 35.2 Å². The Morgan fingerprint density at radius 1 is 1.42 bits per heavy atom. The molecule has 0 saturated carbocycles. The summed E-state index contributed by atoms with van der Waals surface area (Å²) in [6.07, 6.45) is 0.496. The molecule has 1 aromatic carbocycles. The highest BCUT2D eigenvalue weighted by molar-refractivity contribution is 8.00. The largest absolute Gasteiger partial charge is 0.388 e. The first-order chi connectivity index (χ1) is 9.03. The molecule has 0 heterocycles. The molecule has 5 heteroatoms. The standard InChI is InChI=1S/C14H21NO3S/c1-14(17,8-9-18-2)11-15-13(16)10-19-12-6-4-3-5-7-12/h3-7,17H,8-11H2,1-2H3,(H,15,16). The zero-order chi connectivity index (χ0) is 14.1. The third-order valence-electron chi connectivity index (χ3n) is 2.62. The molecule has 0 aliphatic heterocycles. The summed E-state index contributed by atoms with van der Waals surface area (Å²) in [5, 5.41) is 12.7. The van der Waals surface area contributed by atoms with Crippen molar-refractivity contribution in [3.05, 3.63) is 30.3 Å². The summed E-state index contributed by atoms with van der Waals surface area (Å²) < 4.78 is 4.91. The minimum atomic E-state index is -0.927. The molecule has 0 aromatic heterocycles. The predicted octanol–water partition coefficient (Wildman–Crippen LogP) is 1.68. The Labute approximate surface area is 118 Å². The third-order valence-corrected chi connectivity index (χ3v) is 3.64. The molecule has 2 N–H and O–H groups in total. The van der Waals surface area contributed by atoms with Crippen molar-refractivity contribution in [3.63, 3.8) is 0 Å². The second-order valence-corrected chi connectivity index (χ2v) is 5.67. The smallest absolute Gasteiger partial charge is 0.230 e. The van der Waals surface area contributed by atoms with Gasteiger partial charge in [-0.2, -0.15) is 0 Å². The van der Waals surface area contributed by atoms with E-state index in [1.54, 1.807) is 14.0 Å². The van der Waals surface area contributed by atoms with E-state index >= 15 is 0 Å². The first-order valence-corrected chi connectivity index (χ1v) is 7.18. The summed E-state index contributed by atoms with van der Waals surface area (Å²) in [6, 6.07) is 9.75. The lowest BCUT2D eigenvalue weighted by molar-refractivity contribution is -0.119. The Bertz CT molecular complexity index is 382. The number of aliphatic hydroxyl groups is 1. The van der Waals surface area contributed by atoms with E-state index in [0.29, 0.717) is 18.8 Å². The summed E-state index contributed by atoms with van der Waals surface area (Å²) in [5.41, 5.74) is -0.927. The number of hydrogen-bond acceptors (Lipinski definition) is 4. The van der Waals surface area contributed by atoms with Crippen molar-refractivity contribution in [3.8, 4) is 0 Å². The molecule has 0 radical (unpaired) electrons. The molecule has 0 fully saturated rings. The molecule has 0 spiro atoms. The number of amides is 1. The molecule has 1 aromatic rings. The van der Waals surface area contributed by atoms with Crippen LogP contribution < -0.4 is 5.32 Å². The maximum absolute atomic E-state index is 11.7. The van der Waals surface area contributed by atoms with Gasteiger partial charge in [-0.15, -0.1) is 11.8 Å². The van der Waals surface area contributed by atoms with Crippen LogP contribution in [0.5, 0.6) is 0 Å². The maximum Gasteiger partial charge on any atom is 0.230 e. The van der Waals surface area contributed by atoms with Crippen molar-refractivity contribution in [2.75, 3.05) is 26.0 Å². The highest BCUT2D eigenvalue weighted by atomic mass is 32.2. The number of carbonyl (C=O) groups is 1. The number of nitrogens with one attached hydrogen (secondary N) is 1. The van der Waals surface area contributed by atoms with Gasteiger partial charge in [0.2, 0.25) is 5.91 Å². The second-order valence-electron chi connectivity index (χ2n) is 4.62. The van der Waals surface area contributed by atoms with Gasteiger partial charge in [0.05, 0.1) is 11.4 Å². The number of ether oxygens (including phenoxy) is 1. The van der Waals surface area contributed by atoms with Gasteiger partial charge in [0.25, 0.3) is 0 Å². The molecule has 106 valence electrons. The van der Waals surface area contributed by atoms with E-state index in [9.17, 15) is 9.90 Å². The van der Waals surface area contributed by atoms with Gasteiger partial charge >= 0.3 is 0 Å². The molecule has 4 nitrogen and oxygen atoms in total. The molecule has 0 aliphatic rings. The summed E-state index contributed by atoms with van der Waals surface area (Å²) in [4.78, 5) is 12.7. The topological polar surface area (TPSA) is 58.6 Å². The molecule has 0 aliphatic carbocycles. The minimum Gasteiger partial charge on any atom is -0.388 e. The monoisotopic (exact) mass is 283 g/mol. The van der Waals surface area contributed by atoms with E-state index in [0.717, 1.165) is 4.90 Å². The highest BCUT2D eigenvalue weighted by Gasteiger charge is 2.20. The maximum atomic E-state index is 11.7. The first kappa shape index (κ1) is 16.0. The lowest BCUT2D eigenvalue weighted by Crippen LogP contribution is -2.41. The normalized spacial score (nSPS) is 13.8. The van der Waals surface area contributed by atoms with E-state index < -0.39 is 5.60 Å². The van der Waals surface area contributed by atoms with Crippen LogP contribution in [-0.4, -0.2) is 42.6 Å². The fraction of sp³-hybridized carbons (Fsp3) is 0.500. The lowest BCUT2D eigenvalue weighted by Gasteiger charge is -2.23. The Hall–Kier alpha value is -1.04. The van der Waals surface area contributed by atoms with Crippen LogP contribution in [0.25, 0.3) is 0 Å². The van der Waals surface area contributed by atoms with Crippen LogP contribution in [0.2, 0.25) is 0 Å². The van der Waals surface area contributed by atoms with E-state index in [-0.39, 0.29) is 12.5 Å². The average Bonchev–Trinajstić information content (AvgIpc) is 2.42. The molecule has 0 bridgehead atoms. The quantitative estimate of drug-likeness (QED) is 0.713. The Balaban J connectivity index is 2.24. The Kier molecular flexibility index (Phi) is 6.91. The van der Waals surface area contributed by atoms with E-state index in [1.165, 1.54) is 11.8 Å². The lowest BCUT2D eigenvalue weighted by atomic mass is 10.0. The molecule has 1 rings (SSSR count). The van der Waals surface area contributed by atoms with Gasteiger partial charge in [-0.1, -0.05) is 18.2 Å². The van der Waals surface area contributed by atoms with Crippen molar-refractivity contribution in [2.45, 2.75) is 23.8 Å². The van der Waals surface area contributed by atoms with Gasteiger partial charge in [-0.05, 0) is 19.1 Å². The number of benzene rings is 1. The molecule has 1 amide bonds. The van der Waals surface area contributed by atoms with Gasteiger partial charge in [-0.25, -0.2) is 0 Å². The fourth-order valence-electron chi connectivity index (χ4n) is 1.42. The Morgan fingerprint density at radius 3 is 2.74 bits per heavy atom. The minimum absolute atomic E-state index is 0.0773. The van der Waals surface area contributed by atoms with Crippen LogP contribution in [0.1, 0.15) is 13.3 Å². The van der Waals surface area contributed by atoms with Gasteiger partial charge in [0, 0.05) is 31.6 Å². The van der Waals surface area contributed by atoms with E-state index in [4.69, 9.17) is 4.74 Å². The Morgan fingerprint density at radius 2 is 2.11 bits per heavy atom. The number of methoxy groups -OCH3 is 1. The summed E-state index contributed by atoms with van der Waals surface area (Å²) >= 11 is 1.48. The molecular formula is C14H21NO3S. The van der Waals surface area contributed by atoms with Crippen molar-refractivity contribution in [1.29, 1.82) is 0 Å². The third kappa shape index (κ3) is 7.20. The van der Waals surface area contributed by atoms with E-state index in [1.807, 2.05) is 30.3 Å². The van der Waals surface area contributed by atoms with Crippen LogP contribution >= 0.6 is 11.8 Å². The van der Waals surface area contributed by atoms with Gasteiger partial charge < -0.3 is 15.2 Å². The van der Waals surface area contributed by atoms with Crippen LogP contribution in [0, 0.1) is 0 Å². The average molecular weight is 283 g/mol. The summed E-state index contributed by atoms with van der Waals surface area (Å²) in [6.45, 7) is 2.41. The van der Waals surface area contributed by atoms with Crippen LogP contribution in [0.3, 0.4) is 0 Å². The van der Waals surface area contributed by atoms with Gasteiger partial charge in [0.1, 0.15) is 0 Å². The second kappa shape index (κ2) is 8.19. The van der Waals surface area contributed by atoms with Gasteiger partial charge in [-0.3, -0.25) is 4.79 Å². The zero-order valence-corrected chi connectivity index (χ0v) is 12.2. The van der Waals surface area contributed by atoms with Crippen LogP contribution in [0.4, 0.5) is 0 Å². The van der Waals surface area contributed by atoms with Crippen molar-refractivity contribution in [2.24, 2.45) is 0 Å².